The third-order valence-electron chi connectivity index (χ3n) is 3.72. The third-order valence-corrected chi connectivity index (χ3v) is 3.72. The maximum Gasteiger partial charge on any atom is 0.317 e. The Morgan fingerprint density at radius 3 is 2.48 bits per heavy atom. The van der Waals surface area contributed by atoms with Gasteiger partial charge in [-0.25, -0.2) is 9.18 Å². The Hall–Kier alpha value is -2.56. The Morgan fingerprint density at radius 2 is 1.74 bits per heavy atom. The Bertz CT molecular complexity index is 701. The molecule has 5 heteroatoms. The minimum Gasteiger partial charge on any atom is -0.473 e. The van der Waals surface area contributed by atoms with Crippen LogP contribution in [0.1, 0.15) is 22.3 Å². The summed E-state index contributed by atoms with van der Waals surface area (Å²) in [7, 11) is 0. The van der Waals surface area contributed by atoms with Gasteiger partial charge in [0.25, 0.3) is 0 Å². The maximum atomic E-state index is 13.4. The predicted molar refractivity (Wildman–Crippen MR) is 87.9 cm³/mol. The first-order valence-corrected chi connectivity index (χ1v) is 7.43. The van der Waals surface area contributed by atoms with Crippen LogP contribution in [0.5, 0.6) is 5.75 Å². The van der Waals surface area contributed by atoms with Gasteiger partial charge in [-0.15, -0.1) is 0 Å². The van der Waals surface area contributed by atoms with Crippen LogP contribution in [0.15, 0.2) is 36.4 Å². The topological polar surface area (TPSA) is 50.4 Å². The van der Waals surface area contributed by atoms with E-state index in [4.69, 9.17) is 4.74 Å². The summed E-state index contributed by atoms with van der Waals surface area (Å²) in [5, 5.41) is 5.20. The van der Waals surface area contributed by atoms with Crippen molar-refractivity contribution >= 4 is 6.03 Å². The summed E-state index contributed by atoms with van der Waals surface area (Å²) < 4.78 is 19.1. The molecule has 0 bridgehead atoms. The Morgan fingerprint density at radius 1 is 1.04 bits per heavy atom. The van der Waals surface area contributed by atoms with E-state index in [0.29, 0.717) is 5.56 Å². The number of rotatable bonds is 5. The van der Waals surface area contributed by atoms with Crippen LogP contribution in [0.25, 0.3) is 0 Å². The molecule has 0 heterocycles. The van der Waals surface area contributed by atoms with E-state index in [1.807, 2.05) is 32.9 Å². The fraction of sp³-hybridized carbons (Fsp3) is 0.278. The molecule has 0 aromatic heterocycles. The number of benzene rings is 2. The van der Waals surface area contributed by atoms with Crippen molar-refractivity contribution in [3.63, 3.8) is 0 Å². The second-order valence-corrected chi connectivity index (χ2v) is 5.39. The van der Waals surface area contributed by atoms with Gasteiger partial charge in [0.1, 0.15) is 11.6 Å². The molecule has 0 saturated heterocycles. The summed E-state index contributed by atoms with van der Waals surface area (Å²) in [6, 6.07) is 9.94. The fourth-order valence-electron chi connectivity index (χ4n) is 2.20. The van der Waals surface area contributed by atoms with Crippen LogP contribution in [-0.2, 0) is 6.54 Å². The smallest absolute Gasteiger partial charge is 0.317 e. The second-order valence-electron chi connectivity index (χ2n) is 5.39. The Balaban J connectivity index is 1.82. The molecule has 23 heavy (non-hydrogen) atoms. The molecule has 4 nitrogen and oxygen atoms in total. The summed E-state index contributed by atoms with van der Waals surface area (Å²) >= 11 is 0. The summed E-state index contributed by atoms with van der Waals surface area (Å²) in [6.07, 6.45) is 0. The highest BCUT2D eigenvalue weighted by molar-refractivity contribution is 5.73. The predicted octanol–water partition coefficient (Wildman–Crippen LogP) is 3.59. The number of urea groups is 1. The molecule has 0 atom stereocenters. The van der Waals surface area contributed by atoms with Crippen molar-refractivity contribution in [2.45, 2.75) is 27.3 Å². The lowest BCUT2D eigenvalue weighted by molar-refractivity contribution is 0.223. The van der Waals surface area contributed by atoms with Crippen LogP contribution in [0.3, 0.4) is 0 Å². The number of hydrogen-bond donors (Lipinski definition) is 2. The van der Waals surface area contributed by atoms with Gasteiger partial charge < -0.3 is 15.4 Å². The molecule has 2 amide bonds. The van der Waals surface area contributed by atoms with E-state index in [9.17, 15) is 9.18 Å². The zero-order valence-electron chi connectivity index (χ0n) is 13.6. The highest BCUT2D eigenvalue weighted by Gasteiger charge is 2.07. The lowest BCUT2D eigenvalue weighted by Crippen LogP contribution is -2.37. The first-order valence-electron chi connectivity index (χ1n) is 7.43. The van der Waals surface area contributed by atoms with E-state index in [2.05, 4.69) is 10.6 Å². The normalized spacial score (nSPS) is 10.3. The van der Waals surface area contributed by atoms with Gasteiger partial charge in [0.05, 0.1) is 0 Å². The molecule has 2 aromatic rings. The molecule has 2 N–H and O–H groups in total. The van der Waals surface area contributed by atoms with E-state index in [1.54, 1.807) is 18.2 Å². The zero-order chi connectivity index (χ0) is 16.8. The van der Waals surface area contributed by atoms with Crippen LogP contribution in [0.4, 0.5) is 9.18 Å². The number of carbonyl (C=O) groups is 1. The number of halogens is 1. The SMILES string of the molecule is Cc1ccc(C)c(OCNC(=O)NCc2ccccc2F)c1C. The van der Waals surface area contributed by atoms with Crippen molar-refractivity contribution < 1.29 is 13.9 Å². The molecule has 0 aliphatic carbocycles. The van der Waals surface area contributed by atoms with Gasteiger partial charge in [-0.3, -0.25) is 0 Å². The number of hydrogen-bond acceptors (Lipinski definition) is 2. The molecule has 0 spiro atoms. The number of ether oxygens (including phenoxy) is 1. The quantitative estimate of drug-likeness (QED) is 0.828. The average molecular weight is 316 g/mol. The van der Waals surface area contributed by atoms with Crippen molar-refractivity contribution in [2.75, 3.05) is 6.73 Å². The molecule has 0 unspecified atom stereocenters. The molecule has 0 radical (unpaired) electrons. The van der Waals surface area contributed by atoms with Gasteiger partial charge in [0, 0.05) is 12.1 Å². The summed E-state index contributed by atoms with van der Waals surface area (Å²) in [6.45, 7) is 6.13. The molecular formula is C18H21FN2O2. The monoisotopic (exact) mass is 316 g/mol. The van der Waals surface area contributed by atoms with E-state index < -0.39 is 6.03 Å². The van der Waals surface area contributed by atoms with Crippen molar-refractivity contribution in [1.29, 1.82) is 0 Å². The van der Waals surface area contributed by atoms with Gasteiger partial charge in [-0.05, 0) is 43.5 Å². The maximum absolute atomic E-state index is 13.4. The van der Waals surface area contributed by atoms with Crippen molar-refractivity contribution in [2.24, 2.45) is 0 Å². The largest absolute Gasteiger partial charge is 0.473 e. The van der Waals surface area contributed by atoms with Gasteiger partial charge in [-0.1, -0.05) is 30.3 Å². The highest BCUT2D eigenvalue weighted by atomic mass is 19.1. The number of carbonyl (C=O) groups excluding carboxylic acids is 1. The van der Waals surface area contributed by atoms with Crippen molar-refractivity contribution in [3.8, 4) is 5.75 Å². The Kier molecular flexibility index (Phi) is 5.57. The molecule has 2 rings (SSSR count). The summed E-state index contributed by atoms with van der Waals surface area (Å²) in [5.74, 6) is 0.439. The number of nitrogens with one attached hydrogen (secondary N) is 2. The van der Waals surface area contributed by atoms with E-state index in [-0.39, 0.29) is 19.1 Å². The highest BCUT2D eigenvalue weighted by Crippen LogP contribution is 2.25. The van der Waals surface area contributed by atoms with Crippen LogP contribution in [0.2, 0.25) is 0 Å². The molecule has 122 valence electrons. The molecular weight excluding hydrogens is 295 g/mol. The van der Waals surface area contributed by atoms with Gasteiger partial charge in [-0.2, -0.15) is 0 Å². The van der Waals surface area contributed by atoms with Crippen LogP contribution >= 0.6 is 0 Å². The fourth-order valence-corrected chi connectivity index (χ4v) is 2.20. The first kappa shape index (κ1) is 16.8. The van der Waals surface area contributed by atoms with E-state index in [1.165, 1.54) is 6.07 Å². The molecule has 0 saturated carbocycles. The Labute approximate surface area is 135 Å². The molecule has 0 aliphatic heterocycles. The minimum absolute atomic E-state index is 0.0498. The van der Waals surface area contributed by atoms with E-state index in [0.717, 1.165) is 22.4 Å². The van der Waals surface area contributed by atoms with Crippen LogP contribution in [0, 0.1) is 26.6 Å². The second kappa shape index (κ2) is 7.63. The third kappa shape index (κ3) is 4.45. The molecule has 0 aliphatic rings. The molecule has 2 aromatic carbocycles. The van der Waals surface area contributed by atoms with Gasteiger partial charge in [0.2, 0.25) is 0 Å². The standard InChI is InChI=1S/C18H21FN2O2/c1-12-8-9-13(2)17(14(12)3)23-11-21-18(22)20-10-15-6-4-5-7-16(15)19/h4-9H,10-11H2,1-3H3,(H2,20,21,22). The van der Waals surface area contributed by atoms with Gasteiger partial charge >= 0.3 is 6.03 Å². The summed E-state index contributed by atoms with van der Waals surface area (Å²) in [5.41, 5.74) is 3.64. The zero-order valence-corrected chi connectivity index (χ0v) is 13.6. The first-order chi connectivity index (χ1) is 11.0. The van der Waals surface area contributed by atoms with Crippen molar-refractivity contribution in [1.82, 2.24) is 10.6 Å². The lowest BCUT2D eigenvalue weighted by atomic mass is 10.1. The lowest BCUT2D eigenvalue weighted by Gasteiger charge is -2.14. The van der Waals surface area contributed by atoms with Crippen molar-refractivity contribution in [3.05, 3.63) is 64.5 Å². The minimum atomic E-state index is -0.406. The van der Waals surface area contributed by atoms with Gasteiger partial charge in [0.15, 0.2) is 6.73 Å². The van der Waals surface area contributed by atoms with Crippen LogP contribution < -0.4 is 15.4 Å². The summed E-state index contributed by atoms with van der Waals surface area (Å²) in [4.78, 5) is 11.7. The number of amides is 2. The average Bonchev–Trinajstić information content (AvgIpc) is 2.53. The number of aryl methyl sites for hydroxylation is 2. The molecule has 0 fully saturated rings. The van der Waals surface area contributed by atoms with Crippen LogP contribution in [-0.4, -0.2) is 12.8 Å². The van der Waals surface area contributed by atoms with E-state index >= 15 is 0 Å².